The number of rotatable bonds is 3. The first-order valence-corrected chi connectivity index (χ1v) is 4.61. The molecule has 0 heterocycles. The van der Waals surface area contributed by atoms with Gasteiger partial charge in [-0.15, -0.1) is 0 Å². The summed E-state index contributed by atoms with van der Waals surface area (Å²) in [6.45, 7) is 2.74. The molecule has 11 heavy (non-hydrogen) atoms. The highest BCUT2D eigenvalue weighted by molar-refractivity contribution is 7.86. The predicted molar refractivity (Wildman–Crippen MR) is 39.4 cm³/mol. The van der Waals surface area contributed by atoms with Crippen molar-refractivity contribution in [2.45, 2.75) is 25.6 Å². The van der Waals surface area contributed by atoms with Crippen LogP contribution in [0.4, 0.5) is 0 Å². The SMILES string of the molecule is CCC(NC(C)=O)S(=O)(=O)O. The highest BCUT2D eigenvalue weighted by Gasteiger charge is 2.20. The molecule has 2 N–H and O–H groups in total. The van der Waals surface area contributed by atoms with Crippen molar-refractivity contribution in [1.82, 2.24) is 5.32 Å². The zero-order valence-electron chi connectivity index (χ0n) is 6.36. The van der Waals surface area contributed by atoms with Crippen molar-refractivity contribution in [3.05, 3.63) is 0 Å². The number of hydrogen-bond donors (Lipinski definition) is 2. The second kappa shape index (κ2) is 3.68. The van der Waals surface area contributed by atoms with Gasteiger partial charge in [0.15, 0.2) is 5.37 Å². The summed E-state index contributed by atoms with van der Waals surface area (Å²) in [5.41, 5.74) is 0. The van der Waals surface area contributed by atoms with E-state index in [-0.39, 0.29) is 6.42 Å². The van der Waals surface area contributed by atoms with Crippen molar-refractivity contribution >= 4 is 16.0 Å². The Balaban J connectivity index is 4.31. The predicted octanol–water partition coefficient (Wildman–Crippen LogP) is -0.254. The Morgan fingerprint density at radius 3 is 2.18 bits per heavy atom. The maximum Gasteiger partial charge on any atom is 0.286 e. The van der Waals surface area contributed by atoms with E-state index in [9.17, 15) is 13.2 Å². The minimum Gasteiger partial charge on any atom is -0.338 e. The van der Waals surface area contributed by atoms with Crippen LogP contribution < -0.4 is 5.32 Å². The minimum absolute atomic E-state index is 0.151. The fourth-order valence-electron chi connectivity index (χ4n) is 0.614. The molecule has 0 saturated carbocycles. The van der Waals surface area contributed by atoms with E-state index in [0.29, 0.717) is 0 Å². The van der Waals surface area contributed by atoms with Gasteiger partial charge in [0, 0.05) is 6.92 Å². The molecule has 0 saturated heterocycles. The summed E-state index contributed by atoms with van der Waals surface area (Å²) < 4.78 is 29.4. The number of amides is 1. The Labute approximate surface area is 65.5 Å². The highest BCUT2D eigenvalue weighted by Crippen LogP contribution is 1.98. The van der Waals surface area contributed by atoms with Gasteiger partial charge in [-0.25, -0.2) is 0 Å². The summed E-state index contributed by atoms with van der Waals surface area (Å²) in [7, 11) is -4.14. The lowest BCUT2D eigenvalue weighted by Crippen LogP contribution is -2.38. The second-order valence-electron chi connectivity index (χ2n) is 2.11. The van der Waals surface area contributed by atoms with Crippen molar-refractivity contribution in [1.29, 1.82) is 0 Å². The Kier molecular flexibility index (Phi) is 3.47. The van der Waals surface area contributed by atoms with E-state index >= 15 is 0 Å². The van der Waals surface area contributed by atoms with Gasteiger partial charge in [-0.05, 0) is 6.42 Å². The molecule has 0 bridgehead atoms. The summed E-state index contributed by atoms with van der Waals surface area (Å²) >= 11 is 0. The Hall–Kier alpha value is -0.620. The first-order valence-electron chi connectivity index (χ1n) is 3.11. The molecule has 6 heteroatoms. The molecule has 66 valence electrons. The van der Waals surface area contributed by atoms with Crippen LogP contribution in [-0.2, 0) is 14.9 Å². The van der Waals surface area contributed by atoms with Crippen LogP contribution in [0.3, 0.4) is 0 Å². The molecule has 0 aliphatic rings. The van der Waals surface area contributed by atoms with Crippen LogP contribution in [0.1, 0.15) is 20.3 Å². The molecule has 0 radical (unpaired) electrons. The maximum absolute atomic E-state index is 10.4. The van der Waals surface area contributed by atoms with E-state index < -0.39 is 21.4 Å². The highest BCUT2D eigenvalue weighted by atomic mass is 32.2. The van der Waals surface area contributed by atoms with Gasteiger partial charge in [0.05, 0.1) is 0 Å². The zero-order chi connectivity index (χ0) is 9.07. The van der Waals surface area contributed by atoms with Gasteiger partial charge in [-0.2, -0.15) is 8.42 Å². The molecule has 5 nitrogen and oxygen atoms in total. The number of hydrogen-bond acceptors (Lipinski definition) is 3. The van der Waals surface area contributed by atoms with E-state index in [1.165, 1.54) is 6.92 Å². The van der Waals surface area contributed by atoms with Gasteiger partial charge in [0.2, 0.25) is 5.91 Å². The molecule has 0 aromatic heterocycles. The van der Waals surface area contributed by atoms with Crippen LogP contribution in [0.5, 0.6) is 0 Å². The molecule has 0 fully saturated rings. The standard InChI is InChI=1S/C5H11NO4S/c1-3-5(6-4(2)7)11(8,9)10/h5H,3H2,1-2H3,(H,6,7)(H,8,9,10). The minimum atomic E-state index is -4.14. The topological polar surface area (TPSA) is 83.5 Å². The van der Waals surface area contributed by atoms with E-state index in [2.05, 4.69) is 5.32 Å². The van der Waals surface area contributed by atoms with Gasteiger partial charge < -0.3 is 5.32 Å². The third-order valence-electron chi connectivity index (χ3n) is 1.09. The van der Waals surface area contributed by atoms with Crippen molar-refractivity contribution in [3.63, 3.8) is 0 Å². The van der Waals surface area contributed by atoms with Crippen molar-refractivity contribution in [3.8, 4) is 0 Å². The summed E-state index contributed by atoms with van der Waals surface area (Å²) in [4.78, 5) is 10.4. The van der Waals surface area contributed by atoms with Crippen molar-refractivity contribution in [2.75, 3.05) is 0 Å². The lowest BCUT2D eigenvalue weighted by atomic mass is 10.5. The van der Waals surface area contributed by atoms with Crippen LogP contribution in [0.25, 0.3) is 0 Å². The number of carbonyl (C=O) groups is 1. The first-order chi connectivity index (χ1) is 4.88. The van der Waals surface area contributed by atoms with E-state index in [4.69, 9.17) is 4.55 Å². The summed E-state index contributed by atoms with van der Waals surface area (Å²) in [5, 5.41) is 0.912. The Morgan fingerprint density at radius 1 is 1.64 bits per heavy atom. The third kappa shape index (κ3) is 3.94. The van der Waals surface area contributed by atoms with Gasteiger partial charge in [-0.3, -0.25) is 9.35 Å². The van der Waals surface area contributed by atoms with Gasteiger partial charge >= 0.3 is 0 Å². The Bertz CT molecular complexity index is 233. The lowest BCUT2D eigenvalue weighted by Gasteiger charge is -2.11. The van der Waals surface area contributed by atoms with Crippen molar-refractivity contribution in [2.24, 2.45) is 0 Å². The van der Waals surface area contributed by atoms with Crippen molar-refractivity contribution < 1.29 is 17.8 Å². The second-order valence-corrected chi connectivity index (χ2v) is 3.71. The van der Waals surface area contributed by atoms with Gasteiger partial charge in [-0.1, -0.05) is 6.92 Å². The monoisotopic (exact) mass is 181 g/mol. The molecular weight excluding hydrogens is 170 g/mol. The van der Waals surface area contributed by atoms with Crippen LogP contribution >= 0.6 is 0 Å². The molecule has 0 aromatic rings. The molecule has 0 spiro atoms. The third-order valence-corrected chi connectivity index (χ3v) is 2.26. The van der Waals surface area contributed by atoms with Crippen LogP contribution in [0.2, 0.25) is 0 Å². The largest absolute Gasteiger partial charge is 0.338 e. The van der Waals surface area contributed by atoms with Crippen LogP contribution in [0, 0.1) is 0 Å². The molecular formula is C5H11NO4S. The summed E-state index contributed by atoms with van der Waals surface area (Å²) in [6.07, 6.45) is 0.151. The van der Waals surface area contributed by atoms with Crippen LogP contribution in [-0.4, -0.2) is 24.3 Å². The summed E-state index contributed by atoms with van der Waals surface area (Å²) in [6, 6.07) is 0. The normalized spacial score (nSPS) is 14.1. The fraction of sp³-hybridized carbons (Fsp3) is 0.800. The van der Waals surface area contributed by atoms with Gasteiger partial charge in [0.25, 0.3) is 10.1 Å². The average molecular weight is 181 g/mol. The lowest BCUT2D eigenvalue weighted by molar-refractivity contribution is -0.119. The first kappa shape index (κ1) is 10.4. The molecule has 0 aliphatic heterocycles. The van der Waals surface area contributed by atoms with E-state index in [1.54, 1.807) is 6.92 Å². The molecule has 1 atom stereocenters. The van der Waals surface area contributed by atoms with Crippen LogP contribution in [0.15, 0.2) is 0 Å². The number of nitrogens with one attached hydrogen (secondary N) is 1. The average Bonchev–Trinajstić information content (AvgIpc) is 1.79. The fourth-order valence-corrected chi connectivity index (χ4v) is 1.35. The maximum atomic E-state index is 10.4. The molecule has 1 unspecified atom stereocenters. The molecule has 0 aliphatic carbocycles. The zero-order valence-corrected chi connectivity index (χ0v) is 7.18. The number of carbonyl (C=O) groups excluding carboxylic acids is 1. The van der Waals surface area contributed by atoms with Gasteiger partial charge in [0.1, 0.15) is 0 Å². The Morgan fingerprint density at radius 2 is 2.09 bits per heavy atom. The molecule has 0 aromatic carbocycles. The smallest absolute Gasteiger partial charge is 0.286 e. The summed E-state index contributed by atoms with van der Waals surface area (Å²) in [5.74, 6) is -0.477. The quantitative estimate of drug-likeness (QED) is 0.588. The van der Waals surface area contributed by atoms with E-state index in [1.807, 2.05) is 0 Å². The molecule has 0 rings (SSSR count). The molecule has 1 amide bonds. The van der Waals surface area contributed by atoms with E-state index in [0.717, 1.165) is 0 Å².